The molecule has 2 unspecified atom stereocenters. The van der Waals surface area contributed by atoms with Crippen molar-refractivity contribution >= 4 is 23.6 Å². The number of carboxylic acid groups (broad SMARTS) is 1. The summed E-state index contributed by atoms with van der Waals surface area (Å²) in [5, 5.41) is 18.4. The first-order valence-corrected chi connectivity index (χ1v) is 11.7. The number of aromatic nitrogens is 1. The molecule has 4 aromatic rings. The van der Waals surface area contributed by atoms with E-state index in [1.807, 2.05) is 42.5 Å². The summed E-state index contributed by atoms with van der Waals surface area (Å²) in [6.07, 6.45) is -1.32. The van der Waals surface area contributed by atoms with Gasteiger partial charge in [0.1, 0.15) is 11.7 Å². The second kappa shape index (κ2) is 11.4. The van der Waals surface area contributed by atoms with Crippen LogP contribution in [0.3, 0.4) is 0 Å². The molecule has 3 N–H and O–H groups in total. The Balaban J connectivity index is 1.43. The summed E-state index contributed by atoms with van der Waals surface area (Å²) in [5.74, 6) is -2.59. The van der Waals surface area contributed by atoms with Crippen LogP contribution in [0.25, 0.3) is 11.1 Å². The van der Waals surface area contributed by atoms with Gasteiger partial charge in [-0.05, 0) is 47.3 Å². The molecule has 3 aromatic carbocycles. The first kappa shape index (κ1) is 25.4. The van der Waals surface area contributed by atoms with Gasteiger partial charge in [-0.1, -0.05) is 72.8 Å². The third kappa shape index (κ3) is 6.13. The average Bonchev–Trinajstić information content (AvgIpc) is 3.27. The van der Waals surface area contributed by atoms with Crippen molar-refractivity contribution in [2.45, 2.75) is 32.4 Å². The zero-order chi connectivity index (χ0) is 26.4. The van der Waals surface area contributed by atoms with Crippen molar-refractivity contribution in [1.29, 1.82) is 0 Å². The van der Waals surface area contributed by atoms with E-state index in [1.54, 1.807) is 50.2 Å². The van der Waals surface area contributed by atoms with Crippen molar-refractivity contribution in [2.24, 2.45) is 0 Å². The maximum atomic E-state index is 14.5. The van der Waals surface area contributed by atoms with E-state index in [2.05, 4.69) is 15.8 Å². The van der Waals surface area contributed by atoms with Crippen LogP contribution in [0.5, 0.6) is 0 Å². The quantitative estimate of drug-likeness (QED) is 0.236. The molecule has 0 bridgehead atoms. The third-order valence-electron chi connectivity index (χ3n) is 5.94. The van der Waals surface area contributed by atoms with Crippen molar-refractivity contribution < 1.29 is 28.3 Å². The molecule has 1 aromatic heterocycles. The fourth-order valence-corrected chi connectivity index (χ4v) is 3.84. The van der Waals surface area contributed by atoms with E-state index in [4.69, 9.17) is 9.26 Å². The molecule has 0 aliphatic rings. The Kier molecular flexibility index (Phi) is 7.83. The average molecular weight is 504 g/mol. The van der Waals surface area contributed by atoms with Crippen LogP contribution in [0, 0.1) is 5.95 Å². The highest BCUT2D eigenvalue weighted by atomic mass is 19.1. The molecule has 190 valence electrons. The molecule has 0 saturated heterocycles. The second-order valence-electron chi connectivity index (χ2n) is 8.46. The number of carboxylic acids is 1. The van der Waals surface area contributed by atoms with E-state index >= 15 is 0 Å². The van der Waals surface area contributed by atoms with Crippen LogP contribution in [-0.2, 0) is 16.1 Å². The molecular formula is C28H26FN3O5. The summed E-state index contributed by atoms with van der Waals surface area (Å²) in [5.41, 5.74) is 3.55. The number of carbonyl (C=O) groups excluding carboxylic acids is 1. The van der Waals surface area contributed by atoms with Crippen LogP contribution < -0.4 is 10.6 Å². The zero-order valence-corrected chi connectivity index (χ0v) is 20.3. The fraction of sp³-hybridized carbons (Fsp3) is 0.179. The summed E-state index contributed by atoms with van der Waals surface area (Å²) in [7, 11) is 0. The SMILES string of the molecule is CC(OC(=O)Nc1onc(F)c1-c1ccc(CNc2ccccc2C(C)C(=O)O)cc1)c1ccccc1. The number of para-hydroxylation sites is 1. The van der Waals surface area contributed by atoms with E-state index in [0.717, 1.165) is 16.8 Å². The Morgan fingerprint density at radius 3 is 2.38 bits per heavy atom. The van der Waals surface area contributed by atoms with Gasteiger partial charge in [-0.15, -0.1) is 0 Å². The Labute approximate surface area is 213 Å². The molecule has 8 nitrogen and oxygen atoms in total. The molecule has 37 heavy (non-hydrogen) atoms. The molecular weight excluding hydrogens is 477 g/mol. The van der Waals surface area contributed by atoms with Gasteiger partial charge in [0.05, 0.1) is 5.92 Å². The number of benzene rings is 3. The number of ether oxygens (including phenoxy) is 1. The van der Waals surface area contributed by atoms with Gasteiger partial charge in [-0.2, -0.15) is 4.39 Å². The fourth-order valence-electron chi connectivity index (χ4n) is 3.84. The molecule has 9 heteroatoms. The lowest BCUT2D eigenvalue weighted by Crippen LogP contribution is -2.16. The lowest BCUT2D eigenvalue weighted by molar-refractivity contribution is -0.138. The number of nitrogens with zero attached hydrogens (tertiary/aromatic N) is 1. The molecule has 0 radical (unpaired) electrons. The van der Waals surface area contributed by atoms with Gasteiger partial charge in [-0.25, -0.2) is 4.79 Å². The summed E-state index contributed by atoms with van der Waals surface area (Å²) in [6.45, 7) is 3.78. The molecule has 2 atom stereocenters. The summed E-state index contributed by atoms with van der Waals surface area (Å²) in [6, 6.07) is 23.4. The number of hydrogen-bond acceptors (Lipinski definition) is 6. The first-order valence-electron chi connectivity index (χ1n) is 11.7. The van der Waals surface area contributed by atoms with Crippen LogP contribution in [0.2, 0.25) is 0 Å². The summed E-state index contributed by atoms with van der Waals surface area (Å²) in [4.78, 5) is 23.8. The molecule has 1 heterocycles. The smallest absolute Gasteiger partial charge is 0.414 e. The summed E-state index contributed by atoms with van der Waals surface area (Å²) >= 11 is 0. The maximum absolute atomic E-state index is 14.5. The van der Waals surface area contributed by atoms with E-state index < -0.39 is 30.0 Å². The highest BCUT2D eigenvalue weighted by molar-refractivity contribution is 5.89. The monoisotopic (exact) mass is 503 g/mol. The minimum absolute atomic E-state index is 0.00412. The molecule has 0 aliphatic heterocycles. The van der Waals surface area contributed by atoms with Gasteiger partial charge in [0, 0.05) is 12.2 Å². The van der Waals surface area contributed by atoms with Crippen LogP contribution in [0.1, 0.15) is 42.6 Å². The van der Waals surface area contributed by atoms with Gasteiger partial charge < -0.3 is 19.7 Å². The number of aliphatic carboxylic acids is 1. The Hall–Kier alpha value is -4.66. The number of rotatable bonds is 9. The Morgan fingerprint density at radius 1 is 1.00 bits per heavy atom. The number of halogens is 1. The van der Waals surface area contributed by atoms with E-state index in [0.29, 0.717) is 17.7 Å². The number of hydrogen-bond donors (Lipinski definition) is 3. The summed E-state index contributed by atoms with van der Waals surface area (Å²) < 4.78 is 24.8. The predicted molar refractivity (Wildman–Crippen MR) is 137 cm³/mol. The van der Waals surface area contributed by atoms with E-state index in [-0.39, 0.29) is 11.4 Å². The van der Waals surface area contributed by atoms with Crippen molar-refractivity contribution in [3.8, 4) is 11.1 Å². The highest BCUT2D eigenvalue weighted by Gasteiger charge is 2.22. The maximum Gasteiger partial charge on any atom is 0.414 e. The predicted octanol–water partition coefficient (Wildman–Crippen LogP) is 6.59. The second-order valence-corrected chi connectivity index (χ2v) is 8.46. The normalized spacial score (nSPS) is 12.4. The van der Waals surface area contributed by atoms with E-state index in [1.165, 1.54) is 0 Å². The largest absolute Gasteiger partial charge is 0.481 e. The zero-order valence-electron chi connectivity index (χ0n) is 20.3. The van der Waals surface area contributed by atoms with Gasteiger partial charge in [-0.3, -0.25) is 10.1 Å². The van der Waals surface area contributed by atoms with Gasteiger partial charge in [0.2, 0.25) is 5.88 Å². The van der Waals surface area contributed by atoms with Crippen molar-refractivity contribution in [2.75, 3.05) is 10.6 Å². The molecule has 4 rings (SSSR count). The lowest BCUT2D eigenvalue weighted by Gasteiger charge is -2.15. The van der Waals surface area contributed by atoms with Crippen molar-refractivity contribution in [3.05, 3.63) is 102 Å². The van der Waals surface area contributed by atoms with Crippen molar-refractivity contribution in [1.82, 2.24) is 5.16 Å². The molecule has 0 aliphatic carbocycles. The minimum Gasteiger partial charge on any atom is -0.481 e. The molecule has 0 fully saturated rings. The van der Waals surface area contributed by atoms with Crippen molar-refractivity contribution in [3.63, 3.8) is 0 Å². The van der Waals surface area contributed by atoms with Gasteiger partial charge in [0.15, 0.2) is 0 Å². The Bertz CT molecular complexity index is 1370. The lowest BCUT2D eigenvalue weighted by atomic mass is 9.99. The molecule has 0 saturated carbocycles. The highest BCUT2D eigenvalue weighted by Crippen LogP contribution is 2.32. The topological polar surface area (TPSA) is 114 Å². The van der Waals surface area contributed by atoms with Crippen LogP contribution >= 0.6 is 0 Å². The molecule has 1 amide bonds. The van der Waals surface area contributed by atoms with Gasteiger partial charge >= 0.3 is 12.1 Å². The molecule has 0 spiro atoms. The van der Waals surface area contributed by atoms with Crippen LogP contribution in [0.15, 0.2) is 83.4 Å². The van der Waals surface area contributed by atoms with Crippen LogP contribution in [-0.4, -0.2) is 22.3 Å². The number of anilines is 2. The number of carbonyl (C=O) groups is 2. The van der Waals surface area contributed by atoms with E-state index in [9.17, 15) is 19.1 Å². The number of nitrogens with one attached hydrogen (secondary N) is 2. The third-order valence-corrected chi connectivity index (χ3v) is 5.94. The van der Waals surface area contributed by atoms with Gasteiger partial charge in [0.25, 0.3) is 5.95 Å². The first-order chi connectivity index (χ1) is 17.8. The minimum atomic E-state index is -0.905. The standard InChI is InChI=1S/C28H26FN3O5/c1-17(27(33)34)22-10-6-7-11-23(22)30-16-19-12-14-21(15-13-19)24-25(29)32-37-26(24)31-28(35)36-18(2)20-8-4-3-5-9-20/h3-15,17-18,30H,16H2,1-2H3,(H,31,35)(H,33,34). The van der Waals surface area contributed by atoms with Crippen LogP contribution in [0.4, 0.5) is 20.8 Å². The number of amides is 1. The Morgan fingerprint density at radius 2 is 1.68 bits per heavy atom.